The summed E-state index contributed by atoms with van der Waals surface area (Å²) in [6, 6.07) is 11.4. The van der Waals surface area contributed by atoms with Crippen molar-refractivity contribution in [2.24, 2.45) is 0 Å². The van der Waals surface area contributed by atoms with Crippen molar-refractivity contribution < 1.29 is 13.2 Å². The first-order valence-electron chi connectivity index (χ1n) is 11.0. The number of carbonyl (C=O) groups is 1. The van der Waals surface area contributed by atoms with E-state index >= 15 is 0 Å². The van der Waals surface area contributed by atoms with E-state index in [2.05, 4.69) is 4.72 Å². The van der Waals surface area contributed by atoms with Crippen LogP contribution in [0.1, 0.15) is 49.4 Å². The first-order chi connectivity index (χ1) is 15.4. The molecule has 9 heteroatoms. The Kier molecular flexibility index (Phi) is 6.66. The number of aryl methyl sites for hydroxylation is 1. The van der Waals surface area contributed by atoms with E-state index in [4.69, 9.17) is 0 Å². The van der Waals surface area contributed by atoms with Gasteiger partial charge in [-0.3, -0.25) is 18.9 Å². The molecule has 1 fully saturated rings. The van der Waals surface area contributed by atoms with Gasteiger partial charge in [0, 0.05) is 19.6 Å². The number of hydrogen-bond acceptors (Lipinski definition) is 5. The summed E-state index contributed by atoms with van der Waals surface area (Å²) in [6.07, 6.45) is 4.94. The van der Waals surface area contributed by atoms with E-state index in [1.807, 2.05) is 6.92 Å². The number of rotatable bonds is 6. The van der Waals surface area contributed by atoms with Crippen molar-refractivity contribution in [1.82, 2.24) is 9.47 Å². The minimum absolute atomic E-state index is 0.0620. The van der Waals surface area contributed by atoms with E-state index in [9.17, 15) is 18.0 Å². The number of carbonyl (C=O) groups excluding carboxylic acids is 1. The molecule has 4 rings (SSSR count). The van der Waals surface area contributed by atoms with Gasteiger partial charge in [0.25, 0.3) is 15.9 Å². The predicted octanol–water partition coefficient (Wildman–Crippen LogP) is 4.29. The van der Waals surface area contributed by atoms with Gasteiger partial charge >= 0.3 is 4.87 Å². The Morgan fingerprint density at radius 2 is 1.78 bits per heavy atom. The molecule has 2 heterocycles. The van der Waals surface area contributed by atoms with Crippen LogP contribution in [0.5, 0.6) is 0 Å². The summed E-state index contributed by atoms with van der Waals surface area (Å²) in [7, 11) is -3.94. The molecular weight excluding hydrogens is 446 g/mol. The fraction of sp³-hybridized carbons (Fsp3) is 0.391. The summed E-state index contributed by atoms with van der Waals surface area (Å²) in [5, 5.41) is 0. The summed E-state index contributed by atoms with van der Waals surface area (Å²) in [6.45, 7) is 3.95. The molecule has 0 atom stereocenters. The molecule has 32 heavy (non-hydrogen) atoms. The number of amides is 1. The predicted molar refractivity (Wildman–Crippen MR) is 128 cm³/mol. The second-order valence-corrected chi connectivity index (χ2v) is 10.7. The third-order valence-electron chi connectivity index (χ3n) is 5.69. The van der Waals surface area contributed by atoms with Crippen LogP contribution in [0, 0.1) is 0 Å². The molecule has 0 unspecified atom stereocenters. The molecule has 1 N–H and O–H groups in total. The SMILES string of the molecule is CCCn1c(=O)sc2cc(S(=O)(=O)Nc3ccccc3C(=O)N3CCCCCC3)ccc21. The lowest BCUT2D eigenvalue weighted by atomic mass is 10.1. The van der Waals surface area contributed by atoms with E-state index in [1.54, 1.807) is 39.8 Å². The molecule has 1 aromatic heterocycles. The Morgan fingerprint density at radius 3 is 2.50 bits per heavy atom. The van der Waals surface area contributed by atoms with Crippen LogP contribution >= 0.6 is 11.3 Å². The van der Waals surface area contributed by atoms with Crippen LogP contribution in [0.15, 0.2) is 52.2 Å². The highest BCUT2D eigenvalue weighted by Crippen LogP contribution is 2.26. The Balaban J connectivity index is 1.64. The molecule has 0 saturated carbocycles. The largest absolute Gasteiger partial charge is 0.339 e. The van der Waals surface area contributed by atoms with Gasteiger partial charge in [-0.15, -0.1) is 0 Å². The van der Waals surface area contributed by atoms with Crippen LogP contribution < -0.4 is 9.60 Å². The summed E-state index contributed by atoms with van der Waals surface area (Å²) >= 11 is 1.04. The zero-order valence-electron chi connectivity index (χ0n) is 18.0. The minimum atomic E-state index is -3.94. The van der Waals surface area contributed by atoms with Gasteiger partial charge in [-0.05, 0) is 49.6 Å². The smallest absolute Gasteiger partial charge is 0.308 e. The van der Waals surface area contributed by atoms with Gasteiger partial charge in [-0.1, -0.05) is 43.2 Å². The van der Waals surface area contributed by atoms with E-state index in [1.165, 1.54) is 12.1 Å². The van der Waals surface area contributed by atoms with Crippen LogP contribution in [0.25, 0.3) is 10.2 Å². The maximum atomic E-state index is 13.2. The first-order valence-corrected chi connectivity index (χ1v) is 13.2. The van der Waals surface area contributed by atoms with E-state index < -0.39 is 10.0 Å². The standard InChI is InChI=1S/C23H27N3O4S2/c1-2-13-26-20-12-11-17(16-21(20)31-23(26)28)32(29,30)24-19-10-6-5-9-18(19)22(27)25-14-7-3-4-8-15-25/h5-6,9-12,16,24H,2-4,7-8,13-15H2,1H3. The van der Waals surface area contributed by atoms with Crippen molar-refractivity contribution in [2.75, 3.05) is 17.8 Å². The van der Waals surface area contributed by atoms with Crippen molar-refractivity contribution >= 4 is 43.2 Å². The summed E-state index contributed by atoms with van der Waals surface area (Å²) in [5.41, 5.74) is 1.34. The molecule has 3 aromatic rings. The zero-order valence-corrected chi connectivity index (χ0v) is 19.7. The summed E-state index contributed by atoms with van der Waals surface area (Å²) < 4.78 is 31.2. The average Bonchev–Trinajstić information content (AvgIpc) is 2.94. The Bertz CT molecular complexity index is 1290. The van der Waals surface area contributed by atoms with Crippen molar-refractivity contribution in [1.29, 1.82) is 0 Å². The molecule has 0 radical (unpaired) electrons. The third kappa shape index (κ3) is 4.59. The van der Waals surface area contributed by atoms with Crippen molar-refractivity contribution in [3.05, 3.63) is 57.7 Å². The van der Waals surface area contributed by atoms with E-state index in [0.29, 0.717) is 29.9 Å². The van der Waals surface area contributed by atoms with Crippen LogP contribution in [0.2, 0.25) is 0 Å². The number of hydrogen-bond donors (Lipinski definition) is 1. The number of aromatic nitrogens is 1. The fourth-order valence-corrected chi connectivity index (χ4v) is 6.19. The van der Waals surface area contributed by atoms with Gasteiger partial charge in [0.15, 0.2) is 0 Å². The molecule has 7 nitrogen and oxygen atoms in total. The van der Waals surface area contributed by atoms with Crippen LogP contribution in [0.4, 0.5) is 5.69 Å². The average molecular weight is 474 g/mol. The topological polar surface area (TPSA) is 88.5 Å². The highest BCUT2D eigenvalue weighted by molar-refractivity contribution is 7.92. The lowest BCUT2D eigenvalue weighted by Crippen LogP contribution is -2.32. The number of likely N-dealkylation sites (tertiary alicyclic amines) is 1. The molecule has 2 aromatic carbocycles. The molecule has 170 valence electrons. The van der Waals surface area contributed by atoms with Gasteiger partial charge in [0.05, 0.1) is 26.4 Å². The Labute approximate surface area is 191 Å². The molecule has 1 aliphatic rings. The normalized spacial score (nSPS) is 15.0. The number of anilines is 1. The highest BCUT2D eigenvalue weighted by Gasteiger charge is 2.23. The van der Waals surface area contributed by atoms with Crippen molar-refractivity contribution in [3.8, 4) is 0 Å². The molecule has 1 aliphatic heterocycles. The molecule has 1 amide bonds. The molecule has 0 bridgehead atoms. The number of sulfonamides is 1. The van der Waals surface area contributed by atoms with Gasteiger partial charge in [0.1, 0.15) is 0 Å². The van der Waals surface area contributed by atoms with E-state index in [0.717, 1.165) is 49.0 Å². The maximum absolute atomic E-state index is 13.2. The van der Waals surface area contributed by atoms with Gasteiger partial charge in [0.2, 0.25) is 0 Å². The third-order valence-corrected chi connectivity index (χ3v) is 8.00. The van der Waals surface area contributed by atoms with Crippen LogP contribution in [-0.2, 0) is 16.6 Å². The number of para-hydroxylation sites is 1. The van der Waals surface area contributed by atoms with Crippen LogP contribution in [0.3, 0.4) is 0 Å². The van der Waals surface area contributed by atoms with Crippen molar-refractivity contribution in [2.45, 2.75) is 50.5 Å². The molecular formula is C23H27N3O4S2. The van der Waals surface area contributed by atoms with Gasteiger partial charge < -0.3 is 4.90 Å². The molecule has 1 saturated heterocycles. The summed E-state index contributed by atoms with van der Waals surface area (Å²) in [4.78, 5) is 27.1. The minimum Gasteiger partial charge on any atom is -0.339 e. The zero-order chi connectivity index (χ0) is 22.7. The summed E-state index contributed by atoms with van der Waals surface area (Å²) in [5.74, 6) is -0.157. The Morgan fingerprint density at radius 1 is 1.06 bits per heavy atom. The highest BCUT2D eigenvalue weighted by atomic mass is 32.2. The molecule has 0 spiro atoms. The fourth-order valence-electron chi connectivity index (χ4n) is 4.06. The van der Waals surface area contributed by atoms with Gasteiger partial charge in [-0.25, -0.2) is 8.42 Å². The number of fused-ring (bicyclic) bond motifs is 1. The monoisotopic (exact) mass is 473 g/mol. The molecule has 0 aliphatic carbocycles. The number of thiazole rings is 1. The number of benzene rings is 2. The van der Waals surface area contributed by atoms with Crippen molar-refractivity contribution in [3.63, 3.8) is 0 Å². The first kappa shape index (κ1) is 22.5. The number of nitrogens with one attached hydrogen (secondary N) is 1. The van der Waals surface area contributed by atoms with Gasteiger partial charge in [-0.2, -0.15) is 0 Å². The maximum Gasteiger partial charge on any atom is 0.308 e. The van der Waals surface area contributed by atoms with Crippen LogP contribution in [-0.4, -0.2) is 36.9 Å². The lowest BCUT2D eigenvalue weighted by molar-refractivity contribution is 0.0762. The quantitative estimate of drug-likeness (QED) is 0.578. The second-order valence-electron chi connectivity index (χ2n) is 8.01. The Hall–Kier alpha value is -2.65. The second kappa shape index (κ2) is 9.46. The van der Waals surface area contributed by atoms with E-state index in [-0.39, 0.29) is 21.4 Å². The number of nitrogens with zero attached hydrogens (tertiary/aromatic N) is 2. The lowest BCUT2D eigenvalue weighted by Gasteiger charge is -2.22.